The number of sulfone groups is 1. The summed E-state index contributed by atoms with van der Waals surface area (Å²) in [6.07, 6.45) is 0.505. The molecule has 1 rings (SSSR count). The minimum absolute atomic E-state index is 0. The zero-order valence-electron chi connectivity index (χ0n) is 15.9. The van der Waals surface area contributed by atoms with Crippen LogP contribution in [-0.4, -0.2) is 42.2 Å². The molecule has 1 aromatic carbocycles. The molecular formula is C20H29NO6S. The van der Waals surface area contributed by atoms with Gasteiger partial charge in [0.2, 0.25) is 5.91 Å². The van der Waals surface area contributed by atoms with Crippen LogP contribution in [0.25, 0.3) is 0 Å². The van der Waals surface area contributed by atoms with Crippen LogP contribution in [0.15, 0.2) is 24.3 Å². The van der Waals surface area contributed by atoms with Gasteiger partial charge in [-0.25, -0.2) is 8.42 Å². The second-order valence-electron chi connectivity index (χ2n) is 6.66. The molecule has 0 aliphatic carbocycles. The van der Waals surface area contributed by atoms with E-state index in [1.165, 1.54) is 13.8 Å². The van der Waals surface area contributed by atoms with Crippen molar-refractivity contribution >= 4 is 38.8 Å². The quantitative estimate of drug-likeness (QED) is 0.592. The van der Waals surface area contributed by atoms with Gasteiger partial charge in [-0.2, -0.15) is 0 Å². The average Bonchev–Trinajstić information content (AvgIpc) is 2.51. The smallest absolute Gasteiger partial charge is 0.231 e. The summed E-state index contributed by atoms with van der Waals surface area (Å²) in [5.41, 5.74) is 1.39. The Morgan fingerprint density at radius 1 is 0.964 bits per heavy atom. The Bertz CT molecular complexity index is 813. The molecule has 0 aliphatic rings. The number of rotatable bonds is 10. The van der Waals surface area contributed by atoms with Crippen molar-refractivity contribution in [3.05, 3.63) is 29.8 Å². The van der Waals surface area contributed by atoms with Gasteiger partial charge in [-0.1, -0.05) is 19.6 Å². The third kappa shape index (κ3) is 7.34. The highest BCUT2D eigenvalue weighted by molar-refractivity contribution is 7.94. The highest BCUT2D eigenvalue weighted by Crippen LogP contribution is 2.18. The maximum Gasteiger partial charge on any atom is 0.231 e. The van der Waals surface area contributed by atoms with Gasteiger partial charge in [-0.05, 0) is 58.2 Å². The lowest BCUT2D eigenvalue weighted by Crippen LogP contribution is -2.40. The fourth-order valence-corrected chi connectivity index (χ4v) is 4.54. The number of benzene rings is 1. The molecule has 1 unspecified atom stereocenters. The number of aryl methyl sites for hydroxylation is 1. The summed E-state index contributed by atoms with van der Waals surface area (Å²) in [7, 11) is -3.89. The van der Waals surface area contributed by atoms with Gasteiger partial charge >= 0.3 is 0 Å². The number of amides is 1. The highest BCUT2D eigenvalue weighted by Gasteiger charge is 2.37. The lowest BCUT2D eigenvalue weighted by molar-refractivity contribution is -0.125. The molecule has 1 aromatic rings. The van der Waals surface area contributed by atoms with E-state index >= 15 is 0 Å². The van der Waals surface area contributed by atoms with Crippen LogP contribution in [0.3, 0.4) is 0 Å². The van der Waals surface area contributed by atoms with E-state index in [0.29, 0.717) is 12.1 Å². The van der Waals surface area contributed by atoms with Crippen LogP contribution in [0.2, 0.25) is 0 Å². The molecule has 156 valence electrons. The first-order valence-corrected chi connectivity index (χ1v) is 10.2. The van der Waals surface area contributed by atoms with Crippen LogP contribution in [0.5, 0.6) is 0 Å². The number of nitrogens with one attached hydrogen (secondary N) is 1. The van der Waals surface area contributed by atoms with Gasteiger partial charge in [0, 0.05) is 5.69 Å². The first-order chi connectivity index (χ1) is 12.4. The minimum Gasteiger partial charge on any atom is -0.326 e. The molecule has 0 heterocycles. The zero-order chi connectivity index (χ0) is 20.8. The van der Waals surface area contributed by atoms with Gasteiger partial charge in [-0.3, -0.25) is 19.2 Å². The van der Waals surface area contributed by atoms with Crippen LogP contribution < -0.4 is 5.32 Å². The van der Waals surface area contributed by atoms with Gasteiger partial charge in [-0.15, -0.1) is 0 Å². The topological polar surface area (TPSA) is 114 Å². The normalized spacial score (nSPS) is 12.0. The Hall–Kier alpha value is -2.35. The van der Waals surface area contributed by atoms with Crippen molar-refractivity contribution in [3.63, 3.8) is 0 Å². The van der Waals surface area contributed by atoms with E-state index < -0.39 is 37.8 Å². The molecule has 28 heavy (non-hydrogen) atoms. The third-order valence-corrected chi connectivity index (χ3v) is 6.79. The Morgan fingerprint density at radius 2 is 1.46 bits per heavy atom. The molecule has 0 radical (unpaired) electrons. The van der Waals surface area contributed by atoms with Gasteiger partial charge in [0.1, 0.15) is 5.78 Å². The van der Waals surface area contributed by atoms with E-state index in [9.17, 15) is 27.6 Å². The number of hydrogen-bond donors (Lipinski definition) is 1. The predicted molar refractivity (Wildman–Crippen MR) is 109 cm³/mol. The number of anilines is 1. The van der Waals surface area contributed by atoms with E-state index in [4.69, 9.17) is 0 Å². The Balaban J connectivity index is 0.00000729. The number of Topliss-reactive ketones (excluding diaryl/α,β-unsaturated/α-hetero) is 3. The van der Waals surface area contributed by atoms with Gasteiger partial charge in [0.15, 0.2) is 26.7 Å². The van der Waals surface area contributed by atoms with Gasteiger partial charge < -0.3 is 5.32 Å². The zero-order valence-corrected chi connectivity index (χ0v) is 16.8. The van der Waals surface area contributed by atoms with Crippen LogP contribution in [0.1, 0.15) is 53.5 Å². The summed E-state index contributed by atoms with van der Waals surface area (Å²) in [4.78, 5) is 45.6. The number of carbonyl (C=O) groups is 4. The molecule has 0 aromatic heterocycles. The molecular weight excluding hydrogens is 382 g/mol. The number of carbonyl (C=O) groups excluding carboxylic acids is 4. The Labute approximate surface area is 166 Å². The molecule has 0 saturated carbocycles. The molecule has 0 saturated heterocycles. The predicted octanol–water partition coefficient (Wildman–Crippen LogP) is 2.52. The van der Waals surface area contributed by atoms with Crippen LogP contribution in [-0.2, 0) is 35.4 Å². The maximum absolute atomic E-state index is 12.5. The third-order valence-electron chi connectivity index (χ3n) is 4.11. The van der Waals surface area contributed by atoms with Crippen molar-refractivity contribution in [2.45, 2.75) is 64.9 Å². The maximum atomic E-state index is 12.5. The standard InChI is InChI=1S/C19H25NO6S.CH4/c1-12(21)11-18(24)20-17-9-7-16(8-10-17)6-5-13(2)27(25,26)19(14(3)22)15(4)23;/h7-10,13,19H,5-6,11H2,1-4H3,(H,20,24);1H4. The molecule has 1 amide bonds. The van der Waals surface area contributed by atoms with Crippen LogP contribution in [0, 0.1) is 0 Å². The second kappa shape index (κ2) is 10.8. The highest BCUT2D eigenvalue weighted by atomic mass is 32.2. The van der Waals surface area contributed by atoms with Crippen molar-refractivity contribution in [1.29, 1.82) is 0 Å². The Kier molecular flexibility index (Phi) is 9.94. The van der Waals surface area contributed by atoms with Crippen molar-refractivity contribution in [1.82, 2.24) is 0 Å². The van der Waals surface area contributed by atoms with E-state index in [1.54, 1.807) is 24.3 Å². The second-order valence-corrected chi connectivity index (χ2v) is 9.12. The summed E-state index contributed by atoms with van der Waals surface area (Å²) < 4.78 is 25.0. The molecule has 0 fully saturated rings. The van der Waals surface area contributed by atoms with E-state index in [2.05, 4.69) is 5.32 Å². The van der Waals surface area contributed by atoms with Crippen LogP contribution >= 0.6 is 0 Å². The van der Waals surface area contributed by atoms with E-state index in [0.717, 1.165) is 19.4 Å². The summed E-state index contributed by atoms with van der Waals surface area (Å²) in [5.74, 6) is -1.96. The first kappa shape index (κ1) is 25.6. The fraction of sp³-hybridized carbons (Fsp3) is 0.500. The molecule has 0 spiro atoms. The molecule has 1 N–H and O–H groups in total. The van der Waals surface area contributed by atoms with Crippen molar-refractivity contribution < 1.29 is 27.6 Å². The molecule has 1 atom stereocenters. The van der Waals surface area contributed by atoms with Crippen molar-refractivity contribution in [2.75, 3.05) is 5.32 Å². The lowest BCUT2D eigenvalue weighted by Gasteiger charge is -2.18. The number of ketones is 3. The van der Waals surface area contributed by atoms with Crippen molar-refractivity contribution in [2.24, 2.45) is 0 Å². The van der Waals surface area contributed by atoms with Gasteiger partial charge in [0.25, 0.3) is 0 Å². The first-order valence-electron chi connectivity index (χ1n) is 8.57. The Morgan fingerprint density at radius 3 is 1.89 bits per heavy atom. The summed E-state index contributed by atoms with van der Waals surface area (Å²) >= 11 is 0. The molecule has 0 aliphatic heterocycles. The monoisotopic (exact) mass is 411 g/mol. The lowest BCUT2D eigenvalue weighted by atomic mass is 10.1. The van der Waals surface area contributed by atoms with E-state index in [-0.39, 0.29) is 26.1 Å². The minimum atomic E-state index is -3.89. The molecule has 7 nitrogen and oxygen atoms in total. The fourth-order valence-electron chi connectivity index (χ4n) is 2.70. The number of hydrogen-bond acceptors (Lipinski definition) is 6. The van der Waals surface area contributed by atoms with E-state index in [1.807, 2.05) is 0 Å². The van der Waals surface area contributed by atoms with Crippen molar-refractivity contribution in [3.8, 4) is 0 Å². The molecule has 0 bridgehead atoms. The van der Waals surface area contributed by atoms with Gasteiger partial charge in [0.05, 0.1) is 11.7 Å². The van der Waals surface area contributed by atoms with Crippen LogP contribution in [0.4, 0.5) is 5.69 Å². The SMILES string of the molecule is C.CC(=O)CC(=O)Nc1ccc(CCC(C)S(=O)(=O)C(C(C)=O)C(C)=O)cc1. The largest absolute Gasteiger partial charge is 0.326 e. The summed E-state index contributed by atoms with van der Waals surface area (Å²) in [6, 6.07) is 6.83. The summed E-state index contributed by atoms with van der Waals surface area (Å²) in [5, 5.41) is 0.151. The molecule has 8 heteroatoms. The summed E-state index contributed by atoms with van der Waals surface area (Å²) in [6.45, 7) is 5.04. The average molecular weight is 412 g/mol.